The normalized spacial score (nSPS) is 12.5. The van der Waals surface area contributed by atoms with E-state index >= 15 is 0 Å². The van der Waals surface area contributed by atoms with Gasteiger partial charge in [0.2, 0.25) is 5.91 Å². The molecule has 8 heteroatoms. The number of amides is 1. The number of rotatable bonds is 7. The van der Waals surface area contributed by atoms with Crippen LogP contribution in [0.15, 0.2) is 10.9 Å². The van der Waals surface area contributed by atoms with Gasteiger partial charge in [0, 0.05) is 36.5 Å². The Morgan fingerprint density at radius 2 is 2.07 bits per heavy atom. The Morgan fingerprint density at radius 1 is 1.32 bits per heavy atom. The highest BCUT2D eigenvalue weighted by atomic mass is 32.1. The van der Waals surface area contributed by atoms with Gasteiger partial charge in [-0.1, -0.05) is 6.92 Å². The number of aryl methyl sites for hydroxylation is 5. The summed E-state index contributed by atoms with van der Waals surface area (Å²) in [6.45, 7) is 11.4. The van der Waals surface area contributed by atoms with Gasteiger partial charge in [0.05, 0.1) is 11.1 Å². The van der Waals surface area contributed by atoms with E-state index in [1.807, 2.05) is 38.4 Å². The number of H-pyrrole nitrogens is 1. The largest absolute Gasteiger partial charge is 0.356 e. The number of aromatic nitrogens is 4. The smallest absolute Gasteiger partial charge is 0.259 e. The first-order valence-electron chi connectivity index (χ1n) is 9.51. The van der Waals surface area contributed by atoms with Crippen molar-refractivity contribution >= 4 is 27.5 Å². The van der Waals surface area contributed by atoms with Crippen molar-refractivity contribution in [2.24, 2.45) is 5.92 Å². The standard InChI is InChI=1S/C20H27N5O2S/c1-11(10-25-13(3)8-12(2)24-25)9-21-17(26)7-6-16-22-19(27)18-14(4)15(5)28-20(18)23-16/h8,11H,6-7,9-10H2,1-5H3,(H,21,26)(H,22,23,27). The van der Waals surface area contributed by atoms with Crippen LogP contribution in [0.5, 0.6) is 0 Å². The molecule has 0 aliphatic heterocycles. The Bertz CT molecular complexity index is 1060. The molecule has 0 saturated heterocycles. The number of aromatic amines is 1. The number of hydrogen-bond acceptors (Lipinski definition) is 5. The molecule has 2 N–H and O–H groups in total. The molecular weight excluding hydrogens is 374 g/mol. The van der Waals surface area contributed by atoms with Crippen molar-refractivity contribution in [1.82, 2.24) is 25.1 Å². The van der Waals surface area contributed by atoms with Crippen LogP contribution in [0.2, 0.25) is 0 Å². The second-order valence-electron chi connectivity index (χ2n) is 7.49. The van der Waals surface area contributed by atoms with Crippen LogP contribution in [0.1, 0.15) is 41.0 Å². The maximum Gasteiger partial charge on any atom is 0.259 e. The summed E-state index contributed by atoms with van der Waals surface area (Å²) in [4.78, 5) is 33.7. The van der Waals surface area contributed by atoms with E-state index in [9.17, 15) is 9.59 Å². The number of carbonyl (C=O) groups excluding carboxylic acids is 1. The second-order valence-corrected chi connectivity index (χ2v) is 8.70. The molecule has 1 amide bonds. The van der Waals surface area contributed by atoms with E-state index in [-0.39, 0.29) is 17.4 Å². The lowest BCUT2D eigenvalue weighted by Crippen LogP contribution is -2.30. The first kappa shape index (κ1) is 20.3. The summed E-state index contributed by atoms with van der Waals surface area (Å²) >= 11 is 1.52. The molecule has 28 heavy (non-hydrogen) atoms. The van der Waals surface area contributed by atoms with Crippen LogP contribution in [-0.4, -0.2) is 32.2 Å². The molecule has 1 unspecified atom stereocenters. The fourth-order valence-electron chi connectivity index (χ4n) is 3.25. The third-order valence-electron chi connectivity index (χ3n) is 4.91. The van der Waals surface area contributed by atoms with Gasteiger partial charge in [-0.3, -0.25) is 14.3 Å². The van der Waals surface area contributed by atoms with Gasteiger partial charge in [0.25, 0.3) is 5.56 Å². The van der Waals surface area contributed by atoms with E-state index in [4.69, 9.17) is 0 Å². The predicted molar refractivity (Wildman–Crippen MR) is 112 cm³/mol. The van der Waals surface area contributed by atoms with Gasteiger partial charge in [0.1, 0.15) is 10.7 Å². The number of carbonyl (C=O) groups is 1. The molecule has 0 radical (unpaired) electrons. The van der Waals surface area contributed by atoms with E-state index in [0.29, 0.717) is 30.6 Å². The number of nitrogens with zero attached hydrogens (tertiary/aromatic N) is 3. The van der Waals surface area contributed by atoms with Gasteiger partial charge < -0.3 is 10.3 Å². The van der Waals surface area contributed by atoms with Crippen molar-refractivity contribution in [2.45, 2.75) is 54.0 Å². The van der Waals surface area contributed by atoms with Gasteiger partial charge in [0.15, 0.2) is 0 Å². The zero-order valence-electron chi connectivity index (χ0n) is 17.0. The Kier molecular flexibility index (Phi) is 5.98. The molecule has 0 spiro atoms. The third kappa shape index (κ3) is 4.49. The Morgan fingerprint density at radius 3 is 2.75 bits per heavy atom. The molecule has 0 aliphatic carbocycles. The zero-order valence-corrected chi connectivity index (χ0v) is 17.9. The minimum absolute atomic E-state index is 0.0403. The molecule has 0 aromatic carbocycles. The lowest BCUT2D eigenvalue weighted by atomic mass is 10.1. The summed E-state index contributed by atoms with van der Waals surface area (Å²) in [5.74, 6) is 0.791. The summed E-state index contributed by atoms with van der Waals surface area (Å²) in [5.41, 5.74) is 2.99. The highest BCUT2D eigenvalue weighted by Gasteiger charge is 2.13. The van der Waals surface area contributed by atoms with Gasteiger partial charge in [-0.2, -0.15) is 5.10 Å². The molecule has 3 aromatic heterocycles. The third-order valence-corrected chi connectivity index (χ3v) is 6.01. The molecule has 0 saturated carbocycles. The fourth-order valence-corrected chi connectivity index (χ4v) is 4.29. The van der Waals surface area contributed by atoms with Crippen LogP contribution in [-0.2, 0) is 17.8 Å². The van der Waals surface area contributed by atoms with Crippen LogP contribution in [0.25, 0.3) is 10.2 Å². The highest BCUT2D eigenvalue weighted by molar-refractivity contribution is 7.18. The van der Waals surface area contributed by atoms with Gasteiger partial charge in [-0.05, 0) is 45.2 Å². The van der Waals surface area contributed by atoms with Crippen molar-refractivity contribution in [3.8, 4) is 0 Å². The Hall–Kier alpha value is -2.48. The summed E-state index contributed by atoms with van der Waals surface area (Å²) < 4.78 is 1.97. The fraction of sp³-hybridized carbons (Fsp3) is 0.500. The highest BCUT2D eigenvalue weighted by Crippen LogP contribution is 2.25. The van der Waals surface area contributed by atoms with Crippen LogP contribution in [0.3, 0.4) is 0 Å². The van der Waals surface area contributed by atoms with E-state index in [2.05, 4.69) is 27.3 Å². The first-order chi connectivity index (χ1) is 13.2. The number of fused-ring (bicyclic) bond motifs is 1. The van der Waals surface area contributed by atoms with E-state index < -0.39 is 0 Å². The maximum absolute atomic E-state index is 12.3. The van der Waals surface area contributed by atoms with Crippen LogP contribution >= 0.6 is 11.3 Å². The maximum atomic E-state index is 12.3. The molecule has 0 aliphatic rings. The number of hydrogen-bond donors (Lipinski definition) is 2. The summed E-state index contributed by atoms with van der Waals surface area (Å²) in [6, 6.07) is 2.05. The van der Waals surface area contributed by atoms with Crippen LogP contribution in [0, 0.1) is 33.6 Å². The minimum Gasteiger partial charge on any atom is -0.356 e. The number of thiophene rings is 1. The van der Waals surface area contributed by atoms with Crippen molar-refractivity contribution < 1.29 is 4.79 Å². The minimum atomic E-state index is -0.124. The Balaban J connectivity index is 1.52. The van der Waals surface area contributed by atoms with Gasteiger partial charge in [-0.15, -0.1) is 11.3 Å². The van der Waals surface area contributed by atoms with Crippen molar-refractivity contribution in [3.63, 3.8) is 0 Å². The molecule has 3 aromatic rings. The number of nitrogens with one attached hydrogen (secondary N) is 2. The van der Waals surface area contributed by atoms with Gasteiger partial charge in [-0.25, -0.2) is 4.98 Å². The van der Waals surface area contributed by atoms with E-state index in [0.717, 1.165) is 33.2 Å². The molecule has 0 fully saturated rings. The lowest BCUT2D eigenvalue weighted by molar-refractivity contribution is -0.121. The van der Waals surface area contributed by atoms with Crippen LogP contribution in [0.4, 0.5) is 0 Å². The van der Waals surface area contributed by atoms with E-state index in [1.54, 1.807) is 0 Å². The molecule has 1 atom stereocenters. The summed E-state index contributed by atoms with van der Waals surface area (Å²) in [6.07, 6.45) is 0.712. The van der Waals surface area contributed by atoms with Crippen molar-refractivity contribution in [2.75, 3.05) is 6.54 Å². The summed E-state index contributed by atoms with van der Waals surface area (Å²) in [7, 11) is 0. The molecule has 3 heterocycles. The molecule has 7 nitrogen and oxygen atoms in total. The lowest BCUT2D eigenvalue weighted by Gasteiger charge is -2.14. The van der Waals surface area contributed by atoms with Crippen LogP contribution < -0.4 is 10.9 Å². The molecular formula is C20H27N5O2S. The molecule has 3 rings (SSSR count). The summed E-state index contributed by atoms with van der Waals surface area (Å²) in [5, 5.41) is 8.08. The first-order valence-corrected chi connectivity index (χ1v) is 10.3. The van der Waals surface area contributed by atoms with E-state index in [1.165, 1.54) is 11.3 Å². The van der Waals surface area contributed by atoms with Gasteiger partial charge >= 0.3 is 0 Å². The Labute approximate surface area is 168 Å². The second kappa shape index (κ2) is 8.26. The quantitative estimate of drug-likeness (QED) is 0.637. The SMILES string of the molecule is Cc1cc(C)n(CC(C)CNC(=O)CCc2nc3sc(C)c(C)c3c(=O)[nH]2)n1. The zero-order chi connectivity index (χ0) is 20.4. The molecule has 0 bridgehead atoms. The predicted octanol–water partition coefficient (Wildman–Crippen LogP) is 2.80. The monoisotopic (exact) mass is 401 g/mol. The topological polar surface area (TPSA) is 92.7 Å². The average Bonchev–Trinajstić information content (AvgIpc) is 3.09. The average molecular weight is 402 g/mol. The van der Waals surface area contributed by atoms with Crippen molar-refractivity contribution in [1.29, 1.82) is 0 Å². The van der Waals surface area contributed by atoms with Crippen molar-refractivity contribution in [3.05, 3.63) is 44.1 Å². The molecule has 150 valence electrons.